The molecule has 0 atom stereocenters. The van der Waals surface area contributed by atoms with Crippen molar-refractivity contribution in [3.63, 3.8) is 0 Å². The molecule has 1 heterocycles. The Kier molecular flexibility index (Phi) is 4.33. The van der Waals surface area contributed by atoms with E-state index in [2.05, 4.69) is 17.2 Å². The highest BCUT2D eigenvalue weighted by atomic mass is 16.5. The summed E-state index contributed by atoms with van der Waals surface area (Å²) in [7, 11) is 1.61. The molecule has 0 amide bonds. The molecule has 0 bridgehead atoms. The van der Waals surface area contributed by atoms with Gasteiger partial charge in [-0.1, -0.05) is 42.5 Å². The fourth-order valence-electron chi connectivity index (χ4n) is 2.77. The Bertz CT molecular complexity index is 847. The normalized spacial score (nSPS) is 10.7. The molecule has 3 rings (SSSR count). The second kappa shape index (κ2) is 6.57. The quantitative estimate of drug-likeness (QED) is 0.786. The van der Waals surface area contributed by atoms with E-state index in [1.54, 1.807) is 11.8 Å². The molecule has 0 spiro atoms. The van der Waals surface area contributed by atoms with Gasteiger partial charge in [-0.3, -0.25) is 9.89 Å². The van der Waals surface area contributed by atoms with Crippen LogP contribution in [-0.2, 0) is 12.8 Å². The number of rotatable bonds is 5. The minimum absolute atomic E-state index is 0.0112. The number of ether oxygens (including phenoxy) is 1. The molecule has 0 aliphatic carbocycles. The number of aromatic amines is 1. The zero-order valence-electron chi connectivity index (χ0n) is 13.4. The molecule has 4 heteroatoms. The summed E-state index contributed by atoms with van der Waals surface area (Å²) in [6.07, 6.45) is 1.56. The number of aromatic nitrogens is 2. The number of aryl methyl sites for hydroxylation is 2. The van der Waals surface area contributed by atoms with E-state index in [9.17, 15) is 4.79 Å². The van der Waals surface area contributed by atoms with Crippen LogP contribution in [0, 0.1) is 6.92 Å². The summed E-state index contributed by atoms with van der Waals surface area (Å²) >= 11 is 0. The molecule has 4 nitrogen and oxygen atoms in total. The molecular weight excluding hydrogens is 288 g/mol. The minimum atomic E-state index is -0.0112. The summed E-state index contributed by atoms with van der Waals surface area (Å²) < 4.78 is 6.92. The van der Waals surface area contributed by atoms with Crippen molar-refractivity contribution in [1.82, 2.24) is 9.78 Å². The average molecular weight is 308 g/mol. The Hall–Kier alpha value is -2.75. The summed E-state index contributed by atoms with van der Waals surface area (Å²) in [4.78, 5) is 12.8. The van der Waals surface area contributed by atoms with Gasteiger partial charge in [0.1, 0.15) is 11.4 Å². The van der Waals surface area contributed by atoms with Gasteiger partial charge in [-0.2, -0.15) is 0 Å². The first kappa shape index (κ1) is 15.2. The predicted molar refractivity (Wildman–Crippen MR) is 91.5 cm³/mol. The average Bonchev–Trinajstić information content (AvgIpc) is 2.88. The molecule has 3 aromatic rings. The van der Waals surface area contributed by atoms with E-state index in [4.69, 9.17) is 4.74 Å². The SMILES string of the molecule is COc1ccccc1-n1[nH]c(C)c(CCc2ccccc2)c1=O. The van der Waals surface area contributed by atoms with Gasteiger partial charge < -0.3 is 4.74 Å². The molecule has 0 aliphatic rings. The van der Waals surface area contributed by atoms with Gasteiger partial charge in [0.05, 0.1) is 7.11 Å². The Labute approximate surface area is 135 Å². The van der Waals surface area contributed by atoms with E-state index in [0.717, 1.165) is 23.4 Å². The van der Waals surface area contributed by atoms with E-state index in [-0.39, 0.29) is 5.56 Å². The van der Waals surface area contributed by atoms with Crippen LogP contribution in [0.25, 0.3) is 5.69 Å². The Balaban J connectivity index is 1.92. The van der Waals surface area contributed by atoms with E-state index in [0.29, 0.717) is 12.2 Å². The van der Waals surface area contributed by atoms with Crippen LogP contribution in [0.15, 0.2) is 59.4 Å². The van der Waals surface area contributed by atoms with Crippen molar-refractivity contribution in [3.8, 4) is 11.4 Å². The monoisotopic (exact) mass is 308 g/mol. The molecule has 1 aromatic heterocycles. The summed E-state index contributed by atoms with van der Waals surface area (Å²) in [5, 5.41) is 3.16. The molecule has 0 unspecified atom stereocenters. The fraction of sp³-hybridized carbons (Fsp3) is 0.211. The Morgan fingerprint density at radius 1 is 1.00 bits per heavy atom. The van der Waals surface area contributed by atoms with Gasteiger partial charge in [0, 0.05) is 11.3 Å². The van der Waals surface area contributed by atoms with Crippen molar-refractivity contribution in [1.29, 1.82) is 0 Å². The third-order valence-electron chi connectivity index (χ3n) is 4.03. The molecule has 0 aliphatic heterocycles. The first-order chi connectivity index (χ1) is 11.2. The number of nitrogens with zero attached hydrogens (tertiary/aromatic N) is 1. The number of hydrogen-bond acceptors (Lipinski definition) is 2. The van der Waals surface area contributed by atoms with E-state index < -0.39 is 0 Å². The Morgan fingerprint density at radius 2 is 1.70 bits per heavy atom. The zero-order valence-corrected chi connectivity index (χ0v) is 13.4. The largest absolute Gasteiger partial charge is 0.494 e. The van der Waals surface area contributed by atoms with E-state index >= 15 is 0 Å². The van der Waals surface area contributed by atoms with E-state index in [1.165, 1.54) is 5.56 Å². The first-order valence-electron chi connectivity index (χ1n) is 7.68. The van der Waals surface area contributed by atoms with Crippen LogP contribution in [0.1, 0.15) is 16.8 Å². The lowest BCUT2D eigenvalue weighted by Crippen LogP contribution is -2.18. The molecule has 2 aromatic carbocycles. The standard InChI is InChI=1S/C19H20N2O2/c1-14-16(13-12-15-8-4-3-5-9-15)19(22)21(20-14)17-10-6-7-11-18(17)23-2/h3-11,20H,12-13H2,1-2H3. The number of methoxy groups -OCH3 is 1. The van der Waals surface area contributed by atoms with Crippen LogP contribution in [0.2, 0.25) is 0 Å². The number of nitrogens with one attached hydrogen (secondary N) is 1. The molecule has 1 N–H and O–H groups in total. The summed E-state index contributed by atoms with van der Waals surface area (Å²) in [6.45, 7) is 1.94. The van der Waals surface area contributed by atoms with Gasteiger partial charge in [0.15, 0.2) is 0 Å². The zero-order chi connectivity index (χ0) is 16.2. The van der Waals surface area contributed by atoms with Gasteiger partial charge in [-0.05, 0) is 37.5 Å². The van der Waals surface area contributed by atoms with Gasteiger partial charge in [0.25, 0.3) is 5.56 Å². The lowest BCUT2D eigenvalue weighted by molar-refractivity contribution is 0.411. The van der Waals surface area contributed by atoms with Crippen molar-refractivity contribution < 1.29 is 4.74 Å². The van der Waals surface area contributed by atoms with Crippen molar-refractivity contribution in [2.45, 2.75) is 19.8 Å². The maximum absolute atomic E-state index is 12.8. The smallest absolute Gasteiger partial charge is 0.274 e. The van der Waals surface area contributed by atoms with E-state index in [1.807, 2.05) is 49.4 Å². The lowest BCUT2D eigenvalue weighted by atomic mass is 10.1. The summed E-state index contributed by atoms with van der Waals surface area (Å²) in [6, 6.07) is 17.7. The molecule has 0 saturated carbocycles. The van der Waals surface area contributed by atoms with Crippen LogP contribution in [-0.4, -0.2) is 16.9 Å². The molecule has 0 radical (unpaired) electrons. The highest BCUT2D eigenvalue weighted by Gasteiger charge is 2.14. The second-order valence-corrected chi connectivity index (χ2v) is 5.51. The number of hydrogen-bond donors (Lipinski definition) is 1. The van der Waals surface area contributed by atoms with Gasteiger partial charge in [-0.25, -0.2) is 4.68 Å². The molecule has 0 fully saturated rings. The van der Waals surface area contributed by atoms with Gasteiger partial charge >= 0.3 is 0 Å². The first-order valence-corrected chi connectivity index (χ1v) is 7.68. The third-order valence-corrected chi connectivity index (χ3v) is 4.03. The number of para-hydroxylation sites is 2. The Morgan fingerprint density at radius 3 is 2.43 bits per heavy atom. The fourth-order valence-corrected chi connectivity index (χ4v) is 2.77. The predicted octanol–water partition coefficient (Wildman–Crippen LogP) is 3.27. The molecule has 118 valence electrons. The van der Waals surface area contributed by atoms with Crippen LogP contribution in [0.4, 0.5) is 0 Å². The van der Waals surface area contributed by atoms with Crippen molar-refractivity contribution >= 4 is 0 Å². The van der Waals surface area contributed by atoms with Crippen LogP contribution < -0.4 is 10.3 Å². The van der Waals surface area contributed by atoms with Crippen LogP contribution in [0.5, 0.6) is 5.75 Å². The number of H-pyrrole nitrogens is 1. The second-order valence-electron chi connectivity index (χ2n) is 5.51. The summed E-state index contributed by atoms with van der Waals surface area (Å²) in [5.41, 5.74) is 3.67. The highest BCUT2D eigenvalue weighted by Crippen LogP contribution is 2.20. The van der Waals surface area contributed by atoms with Gasteiger partial charge in [0.2, 0.25) is 0 Å². The number of benzene rings is 2. The topological polar surface area (TPSA) is 47.0 Å². The van der Waals surface area contributed by atoms with Crippen molar-refractivity contribution in [2.24, 2.45) is 0 Å². The highest BCUT2D eigenvalue weighted by molar-refractivity contribution is 5.46. The van der Waals surface area contributed by atoms with Crippen molar-refractivity contribution in [2.75, 3.05) is 7.11 Å². The van der Waals surface area contributed by atoms with Crippen LogP contribution in [0.3, 0.4) is 0 Å². The molecular formula is C19H20N2O2. The third kappa shape index (κ3) is 3.06. The van der Waals surface area contributed by atoms with Crippen LogP contribution >= 0.6 is 0 Å². The summed E-state index contributed by atoms with van der Waals surface area (Å²) in [5.74, 6) is 0.672. The van der Waals surface area contributed by atoms with Crippen molar-refractivity contribution in [3.05, 3.63) is 81.8 Å². The van der Waals surface area contributed by atoms with Gasteiger partial charge in [-0.15, -0.1) is 0 Å². The molecule has 23 heavy (non-hydrogen) atoms. The lowest BCUT2D eigenvalue weighted by Gasteiger charge is -2.07. The maximum atomic E-state index is 12.8. The maximum Gasteiger partial charge on any atom is 0.274 e. The minimum Gasteiger partial charge on any atom is -0.494 e. The molecule has 0 saturated heterocycles.